The van der Waals surface area contributed by atoms with E-state index in [9.17, 15) is 0 Å². The summed E-state index contributed by atoms with van der Waals surface area (Å²) in [5, 5.41) is 6.53. The topological polar surface area (TPSA) is 67.8 Å². The monoisotopic (exact) mass is 342 g/mol. The summed E-state index contributed by atoms with van der Waals surface area (Å²) in [5.74, 6) is 1.38. The van der Waals surface area contributed by atoms with Crippen LogP contribution in [0.3, 0.4) is 0 Å². The summed E-state index contributed by atoms with van der Waals surface area (Å²) in [4.78, 5) is 8.56. The third kappa shape index (κ3) is 6.81. The summed E-state index contributed by atoms with van der Waals surface area (Å²) in [6.07, 6.45) is 2.66. The van der Waals surface area contributed by atoms with Crippen LogP contribution in [-0.4, -0.2) is 38.3 Å². The zero-order valence-corrected chi connectivity index (χ0v) is 14.9. The molecule has 0 aliphatic heterocycles. The Kier molecular flexibility index (Phi) is 8.27. The van der Waals surface area contributed by atoms with Crippen LogP contribution in [0.1, 0.15) is 17.5 Å². The minimum Gasteiger partial charge on any atom is -0.473 e. The van der Waals surface area contributed by atoms with Crippen LogP contribution < -0.4 is 15.4 Å². The molecule has 0 bridgehead atoms. The fourth-order valence-electron chi connectivity index (χ4n) is 2.24. The molecule has 0 saturated heterocycles. The minimum atomic E-state index is 0.495. The van der Waals surface area contributed by atoms with E-state index in [1.54, 1.807) is 20.4 Å². The molecule has 2 rings (SSSR count). The van der Waals surface area contributed by atoms with Gasteiger partial charge in [0.25, 0.3) is 0 Å². The Labute approximate surface area is 149 Å². The van der Waals surface area contributed by atoms with Crippen molar-refractivity contribution in [1.82, 2.24) is 15.6 Å². The summed E-state index contributed by atoms with van der Waals surface area (Å²) in [6, 6.07) is 14.0. The molecular weight excluding hydrogens is 316 g/mol. The molecule has 1 aromatic heterocycles. The van der Waals surface area contributed by atoms with Crippen LogP contribution >= 0.6 is 0 Å². The first-order chi connectivity index (χ1) is 12.3. The molecule has 1 heterocycles. The second-order valence-corrected chi connectivity index (χ2v) is 5.44. The first kappa shape index (κ1) is 18.7. The van der Waals surface area contributed by atoms with E-state index in [1.165, 1.54) is 0 Å². The van der Waals surface area contributed by atoms with Crippen molar-refractivity contribution in [2.24, 2.45) is 4.99 Å². The van der Waals surface area contributed by atoms with E-state index >= 15 is 0 Å². The molecule has 0 spiro atoms. The molecule has 0 atom stereocenters. The van der Waals surface area contributed by atoms with Gasteiger partial charge in [-0.15, -0.1) is 0 Å². The van der Waals surface area contributed by atoms with Crippen molar-refractivity contribution in [1.29, 1.82) is 0 Å². The molecule has 134 valence electrons. The lowest BCUT2D eigenvalue weighted by atomic mass is 10.2. The molecule has 2 N–H and O–H groups in total. The second-order valence-electron chi connectivity index (χ2n) is 5.44. The van der Waals surface area contributed by atoms with Gasteiger partial charge in [0.1, 0.15) is 6.61 Å². The molecule has 0 radical (unpaired) electrons. The van der Waals surface area contributed by atoms with E-state index in [4.69, 9.17) is 9.47 Å². The van der Waals surface area contributed by atoms with Crippen LogP contribution in [0.15, 0.2) is 53.7 Å². The van der Waals surface area contributed by atoms with Gasteiger partial charge < -0.3 is 20.1 Å². The van der Waals surface area contributed by atoms with E-state index in [-0.39, 0.29) is 0 Å². The van der Waals surface area contributed by atoms with Crippen molar-refractivity contribution < 1.29 is 9.47 Å². The predicted molar refractivity (Wildman–Crippen MR) is 99.7 cm³/mol. The van der Waals surface area contributed by atoms with E-state index in [0.717, 1.165) is 36.7 Å². The Morgan fingerprint density at radius 3 is 2.72 bits per heavy atom. The van der Waals surface area contributed by atoms with Crippen LogP contribution in [0.25, 0.3) is 0 Å². The molecule has 2 aromatic rings. The number of rotatable bonds is 9. The number of pyridine rings is 1. The molecular formula is C19H26N4O2. The van der Waals surface area contributed by atoms with Crippen LogP contribution in [0, 0.1) is 0 Å². The largest absolute Gasteiger partial charge is 0.473 e. The van der Waals surface area contributed by atoms with Crippen molar-refractivity contribution in [3.05, 3.63) is 59.8 Å². The van der Waals surface area contributed by atoms with Gasteiger partial charge in [-0.2, -0.15) is 0 Å². The van der Waals surface area contributed by atoms with Gasteiger partial charge in [-0.3, -0.25) is 4.99 Å². The van der Waals surface area contributed by atoms with Gasteiger partial charge in [-0.1, -0.05) is 36.4 Å². The van der Waals surface area contributed by atoms with Gasteiger partial charge in [-0.25, -0.2) is 4.98 Å². The number of nitrogens with one attached hydrogen (secondary N) is 2. The number of guanidine groups is 1. The maximum absolute atomic E-state index is 5.87. The van der Waals surface area contributed by atoms with Crippen molar-refractivity contribution in [3.63, 3.8) is 0 Å². The molecule has 0 aliphatic carbocycles. The number of ether oxygens (including phenoxy) is 2. The smallest absolute Gasteiger partial charge is 0.218 e. The number of aliphatic imine (C=N–C) groups is 1. The zero-order chi connectivity index (χ0) is 17.7. The molecule has 6 heteroatoms. The molecule has 0 amide bonds. The Morgan fingerprint density at radius 1 is 1.12 bits per heavy atom. The highest BCUT2D eigenvalue weighted by molar-refractivity contribution is 5.79. The average Bonchev–Trinajstić information content (AvgIpc) is 2.67. The third-order valence-electron chi connectivity index (χ3n) is 3.56. The van der Waals surface area contributed by atoms with Crippen LogP contribution in [0.2, 0.25) is 0 Å². The van der Waals surface area contributed by atoms with Crippen LogP contribution in [0.5, 0.6) is 5.88 Å². The number of methoxy groups -OCH3 is 1. The van der Waals surface area contributed by atoms with Gasteiger partial charge in [0.2, 0.25) is 5.88 Å². The Hall–Kier alpha value is -2.60. The van der Waals surface area contributed by atoms with Crippen molar-refractivity contribution >= 4 is 5.96 Å². The van der Waals surface area contributed by atoms with Gasteiger partial charge in [0.05, 0.1) is 0 Å². The minimum absolute atomic E-state index is 0.495. The zero-order valence-electron chi connectivity index (χ0n) is 14.9. The van der Waals surface area contributed by atoms with Gasteiger partial charge in [0, 0.05) is 45.6 Å². The van der Waals surface area contributed by atoms with Gasteiger partial charge in [0.15, 0.2) is 5.96 Å². The number of nitrogens with zero attached hydrogens (tertiary/aromatic N) is 2. The summed E-state index contributed by atoms with van der Waals surface area (Å²) >= 11 is 0. The highest BCUT2D eigenvalue weighted by Crippen LogP contribution is 2.15. The average molecular weight is 342 g/mol. The van der Waals surface area contributed by atoms with Gasteiger partial charge in [-0.05, 0) is 18.1 Å². The number of hydrogen-bond acceptors (Lipinski definition) is 4. The first-order valence-corrected chi connectivity index (χ1v) is 8.37. The summed E-state index contributed by atoms with van der Waals surface area (Å²) < 4.78 is 10.9. The summed E-state index contributed by atoms with van der Waals surface area (Å²) in [7, 11) is 3.45. The van der Waals surface area contributed by atoms with Gasteiger partial charge >= 0.3 is 0 Å². The molecule has 0 fully saturated rings. The quantitative estimate of drug-likeness (QED) is 0.416. The summed E-state index contributed by atoms with van der Waals surface area (Å²) in [5.41, 5.74) is 2.10. The SMILES string of the molecule is CN=C(NCCCOC)NCc1cccnc1OCc1ccccc1. The summed E-state index contributed by atoms with van der Waals surface area (Å²) in [6.45, 7) is 2.61. The standard InChI is InChI=1S/C19H26N4O2/c1-20-19(22-12-7-13-24-2)23-14-17-10-6-11-21-18(17)25-15-16-8-4-3-5-9-16/h3-6,8-11H,7,12-15H2,1-2H3,(H2,20,22,23). The maximum Gasteiger partial charge on any atom is 0.218 e. The molecule has 0 aliphatic rings. The van der Waals surface area contributed by atoms with Crippen molar-refractivity contribution in [2.75, 3.05) is 27.3 Å². The fraction of sp³-hybridized carbons (Fsp3) is 0.368. The third-order valence-corrected chi connectivity index (χ3v) is 3.56. The van der Waals surface area contributed by atoms with Crippen LogP contribution in [-0.2, 0) is 17.9 Å². The molecule has 6 nitrogen and oxygen atoms in total. The molecule has 0 unspecified atom stereocenters. The Balaban J connectivity index is 1.86. The molecule has 1 aromatic carbocycles. The number of aromatic nitrogens is 1. The van der Waals surface area contributed by atoms with E-state index in [0.29, 0.717) is 19.0 Å². The molecule has 0 saturated carbocycles. The number of benzene rings is 1. The van der Waals surface area contributed by atoms with E-state index in [2.05, 4.69) is 20.6 Å². The Bertz CT molecular complexity index is 647. The second kappa shape index (κ2) is 11.0. The van der Waals surface area contributed by atoms with Crippen molar-refractivity contribution in [3.8, 4) is 5.88 Å². The lowest BCUT2D eigenvalue weighted by Crippen LogP contribution is -2.37. The lowest BCUT2D eigenvalue weighted by Gasteiger charge is -2.14. The highest BCUT2D eigenvalue weighted by atomic mass is 16.5. The van der Waals surface area contributed by atoms with E-state index < -0.39 is 0 Å². The van der Waals surface area contributed by atoms with Crippen LogP contribution in [0.4, 0.5) is 0 Å². The first-order valence-electron chi connectivity index (χ1n) is 8.37. The lowest BCUT2D eigenvalue weighted by molar-refractivity contribution is 0.195. The number of hydrogen-bond donors (Lipinski definition) is 2. The maximum atomic E-state index is 5.87. The highest BCUT2D eigenvalue weighted by Gasteiger charge is 2.06. The Morgan fingerprint density at radius 2 is 1.96 bits per heavy atom. The van der Waals surface area contributed by atoms with E-state index in [1.807, 2.05) is 42.5 Å². The normalized spacial score (nSPS) is 11.2. The predicted octanol–water partition coefficient (Wildman–Crippen LogP) is 2.36. The fourth-order valence-corrected chi connectivity index (χ4v) is 2.24. The van der Waals surface area contributed by atoms with Crippen molar-refractivity contribution in [2.45, 2.75) is 19.6 Å². The molecule has 25 heavy (non-hydrogen) atoms.